The van der Waals surface area contributed by atoms with Gasteiger partial charge in [0, 0.05) is 10.5 Å². The lowest BCUT2D eigenvalue weighted by Crippen LogP contribution is -2.27. The molecular weight excluding hydrogens is 298 g/mol. The zero-order chi connectivity index (χ0) is 12.8. The minimum atomic E-state index is 0.338. The molecule has 0 aromatic heterocycles. The maximum absolute atomic E-state index is 6.38. The van der Waals surface area contributed by atoms with Gasteiger partial charge in [-0.25, -0.2) is 0 Å². The van der Waals surface area contributed by atoms with E-state index in [1.807, 2.05) is 12.1 Å². The van der Waals surface area contributed by atoms with Gasteiger partial charge in [-0.15, -0.1) is 0 Å². The summed E-state index contributed by atoms with van der Waals surface area (Å²) in [6, 6.07) is 6.49. The van der Waals surface area contributed by atoms with Crippen LogP contribution in [0.2, 0.25) is 5.02 Å². The fourth-order valence-corrected chi connectivity index (χ4v) is 2.54. The van der Waals surface area contributed by atoms with Gasteiger partial charge in [0.2, 0.25) is 0 Å². The van der Waals surface area contributed by atoms with Gasteiger partial charge in [0.05, 0.1) is 5.02 Å². The lowest BCUT2D eigenvalue weighted by Gasteiger charge is -2.26. The summed E-state index contributed by atoms with van der Waals surface area (Å²) in [6.45, 7) is 7.70. The molecule has 0 saturated carbocycles. The Morgan fingerprint density at radius 3 is 2.65 bits per heavy atom. The minimum Gasteiger partial charge on any atom is -0.310 e. The molecule has 1 aromatic carbocycles. The molecule has 1 aromatic rings. The monoisotopic (exact) mass is 317 g/mol. The average molecular weight is 319 g/mol. The van der Waals surface area contributed by atoms with E-state index in [0.717, 1.165) is 28.9 Å². The maximum atomic E-state index is 6.38. The van der Waals surface area contributed by atoms with Crippen molar-refractivity contribution >= 4 is 27.5 Å². The van der Waals surface area contributed by atoms with Gasteiger partial charge >= 0.3 is 0 Å². The predicted molar refractivity (Wildman–Crippen MR) is 79.6 cm³/mol. The Bertz CT molecular complexity index is 354. The molecule has 0 spiro atoms. The number of nitrogens with one attached hydrogen (secondary N) is 1. The molecule has 3 heteroatoms. The molecule has 1 rings (SSSR count). The van der Waals surface area contributed by atoms with E-state index in [1.165, 1.54) is 5.56 Å². The molecule has 0 bridgehead atoms. The second kappa shape index (κ2) is 7.40. The third-order valence-electron chi connectivity index (χ3n) is 3.14. The van der Waals surface area contributed by atoms with Crippen LogP contribution in [0.25, 0.3) is 0 Å². The van der Waals surface area contributed by atoms with E-state index >= 15 is 0 Å². The molecule has 0 fully saturated rings. The summed E-state index contributed by atoms with van der Waals surface area (Å²) in [7, 11) is 0. The summed E-state index contributed by atoms with van der Waals surface area (Å²) in [5.74, 6) is 0.577. The quantitative estimate of drug-likeness (QED) is 0.761. The van der Waals surface area contributed by atoms with Gasteiger partial charge in [0.1, 0.15) is 0 Å². The predicted octanol–water partition coefficient (Wildman–Crippen LogP) is 5.19. The molecule has 2 unspecified atom stereocenters. The summed E-state index contributed by atoms with van der Waals surface area (Å²) in [5, 5.41) is 4.43. The van der Waals surface area contributed by atoms with Crippen LogP contribution in [-0.2, 0) is 0 Å². The highest BCUT2D eigenvalue weighted by Crippen LogP contribution is 2.34. The Hall–Kier alpha value is -0.0500. The fraction of sp³-hybridized carbons (Fsp3) is 0.571. The van der Waals surface area contributed by atoms with E-state index in [9.17, 15) is 0 Å². The largest absolute Gasteiger partial charge is 0.310 e. The minimum absolute atomic E-state index is 0.338. The van der Waals surface area contributed by atoms with E-state index in [1.54, 1.807) is 0 Å². The van der Waals surface area contributed by atoms with Crippen molar-refractivity contribution in [1.82, 2.24) is 5.32 Å². The summed E-state index contributed by atoms with van der Waals surface area (Å²) in [6.07, 6.45) is 2.28. The molecule has 0 aliphatic carbocycles. The van der Waals surface area contributed by atoms with Gasteiger partial charge in [-0.2, -0.15) is 0 Å². The van der Waals surface area contributed by atoms with Crippen molar-refractivity contribution in [3.8, 4) is 0 Å². The molecule has 0 radical (unpaired) electrons. The van der Waals surface area contributed by atoms with E-state index in [2.05, 4.69) is 48.1 Å². The zero-order valence-corrected chi connectivity index (χ0v) is 13.1. The summed E-state index contributed by atoms with van der Waals surface area (Å²) in [5.41, 5.74) is 1.20. The van der Waals surface area contributed by atoms with E-state index in [4.69, 9.17) is 11.6 Å². The van der Waals surface area contributed by atoms with Crippen molar-refractivity contribution in [2.75, 3.05) is 6.54 Å². The van der Waals surface area contributed by atoms with Gasteiger partial charge in [0.25, 0.3) is 0 Å². The summed E-state index contributed by atoms with van der Waals surface area (Å²) in [4.78, 5) is 0. The second-order valence-electron chi connectivity index (χ2n) is 4.46. The molecule has 1 N–H and O–H groups in total. The molecule has 1 nitrogen and oxygen atoms in total. The van der Waals surface area contributed by atoms with Crippen molar-refractivity contribution < 1.29 is 0 Å². The van der Waals surface area contributed by atoms with Gasteiger partial charge in [-0.3, -0.25) is 0 Å². The highest BCUT2D eigenvalue weighted by molar-refractivity contribution is 9.10. The SMILES string of the molecule is CCCNC(c1cccc(Br)c1Cl)C(C)CC. The van der Waals surface area contributed by atoms with Gasteiger partial charge < -0.3 is 5.32 Å². The van der Waals surface area contributed by atoms with Crippen LogP contribution in [-0.4, -0.2) is 6.54 Å². The molecular formula is C14H21BrClN. The number of rotatable bonds is 6. The molecule has 2 atom stereocenters. The Morgan fingerprint density at radius 1 is 1.35 bits per heavy atom. The second-order valence-corrected chi connectivity index (χ2v) is 5.69. The Balaban J connectivity index is 2.99. The van der Waals surface area contributed by atoms with Crippen LogP contribution in [0.15, 0.2) is 22.7 Å². The molecule has 0 aliphatic rings. The van der Waals surface area contributed by atoms with E-state index in [-0.39, 0.29) is 0 Å². The van der Waals surface area contributed by atoms with E-state index in [0.29, 0.717) is 12.0 Å². The van der Waals surface area contributed by atoms with E-state index < -0.39 is 0 Å². The Morgan fingerprint density at radius 2 is 2.06 bits per heavy atom. The Labute approximate surface area is 118 Å². The lowest BCUT2D eigenvalue weighted by molar-refractivity contribution is 0.377. The van der Waals surface area contributed by atoms with Crippen molar-refractivity contribution in [1.29, 1.82) is 0 Å². The maximum Gasteiger partial charge on any atom is 0.0595 e. The average Bonchev–Trinajstić information content (AvgIpc) is 2.34. The van der Waals surface area contributed by atoms with Crippen LogP contribution in [0.1, 0.15) is 45.2 Å². The van der Waals surface area contributed by atoms with Crippen LogP contribution < -0.4 is 5.32 Å². The molecule has 0 amide bonds. The third-order valence-corrected chi connectivity index (χ3v) is 4.45. The van der Waals surface area contributed by atoms with Crippen LogP contribution in [0.5, 0.6) is 0 Å². The summed E-state index contributed by atoms with van der Waals surface area (Å²) >= 11 is 9.87. The van der Waals surface area contributed by atoms with Crippen LogP contribution in [0.3, 0.4) is 0 Å². The molecule has 0 heterocycles. The van der Waals surface area contributed by atoms with Crippen molar-refractivity contribution in [3.05, 3.63) is 33.3 Å². The lowest BCUT2D eigenvalue weighted by atomic mass is 9.92. The standard InChI is InChI=1S/C14H21BrClN/c1-4-9-17-14(10(3)5-2)11-7-6-8-12(15)13(11)16/h6-8,10,14,17H,4-5,9H2,1-3H3. The zero-order valence-electron chi connectivity index (χ0n) is 10.8. The fourth-order valence-electron chi connectivity index (χ4n) is 1.91. The summed E-state index contributed by atoms with van der Waals surface area (Å²) < 4.78 is 0.975. The van der Waals surface area contributed by atoms with Crippen LogP contribution in [0.4, 0.5) is 0 Å². The smallest absolute Gasteiger partial charge is 0.0595 e. The molecule has 0 aliphatic heterocycles. The number of halogens is 2. The first kappa shape index (κ1) is 15.0. The molecule has 0 saturated heterocycles. The van der Waals surface area contributed by atoms with Crippen molar-refractivity contribution in [3.63, 3.8) is 0 Å². The molecule has 17 heavy (non-hydrogen) atoms. The third kappa shape index (κ3) is 3.97. The number of hydrogen-bond acceptors (Lipinski definition) is 1. The van der Waals surface area contributed by atoms with Gasteiger partial charge in [0.15, 0.2) is 0 Å². The highest BCUT2D eigenvalue weighted by atomic mass is 79.9. The van der Waals surface area contributed by atoms with Gasteiger partial charge in [-0.05, 0) is 46.4 Å². The Kier molecular flexibility index (Phi) is 6.53. The first-order valence-electron chi connectivity index (χ1n) is 6.29. The van der Waals surface area contributed by atoms with Crippen molar-refractivity contribution in [2.45, 2.75) is 39.7 Å². The first-order valence-corrected chi connectivity index (χ1v) is 7.46. The van der Waals surface area contributed by atoms with Crippen LogP contribution in [0, 0.1) is 5.92 Å². The highest BCUT2D eigenvalue weighted by Gasteiger charge is 2.20. The number of hydrogen-bond donors (Lipinski definition) is 1. The van der Waals surface area contributed by atoms with Crippen molar-refractivity contribution in [2.24, 2.45) is 5.92 Å². The topological polar surface area (TPSA) is 12.0 Å². The normalized spacial score (nSPS) is 14.6. The number of benzene rings is 1. The van der Waals surface area contributed by atoms with Crippen LogP contribution >= 0.6 is 27.5 Å². The van der Waals surface area contributed by atoms with Gasteiger partial charge in [-0.1, -0.05) is 50.9 Å². The molecule has 96 valence electrons. The first-order chi connectivity index (χ1) is 8.11.